The number of nitrogens with zero attached hydrogens (tertiary/aromatic N) is 4. The molecule has 1 aromatic heterocycles. The Labute approximate surface area is 131 Å². The summed E-state index contributed by atoms with van der Waals surface area (Å²) in [5, 5.41) is 6.99. The van der Waals surface area contributed by atoms with Crippen LogP contribution in [0, 0.1) is 0 Å². The van der Waals surface area contributed by atoms with Gasteiger partial charge in [0, 0.05) is 31.7 Å². The Hall–Kier alpha value is -2.51. The van der Waals surface area contributed by atoms with Crippen LogP contribution < -0.4 is 4.90 Å². The fraction of sp³-hybridized carbons (Fsp3) is 0.400. The molecular weight excluding hydrogens is 306 g/mol. The van der Waals surface area contributed by atoms with E-state index in [1.54, 1.807) is 21.9 Å². The molecule has 1 amide bonds. The quantitative estimate of drug-likeness (QED) is 0.868. The molecular formula is C15H16F2N4O2. The number of hydrogen-bond donors (Lipinski definition) is 0. The Morgan fingerprint density at radius 1 is 1.09 bits per heavy atom. The number of benzene rings is 1. The van der Waals surface area contributed by atoms with Crippen molar-refractivity contribution in [3.05, 3.63) is 41.8 Å². The summed E-state index contributed by atoms with van der Waals surface area (Å²) < 4.78 is 30.0. The van der Waals surface area contributed by atoms with E-state index in [1.807, 2.05) is 18.2 Å². The first-order valence-corrected chi connectivity index (χ1v) is 7.36. The lowest BCUT2D eigenvalue weighted by molar-refractivity contribution is 0.0767. The molecule has 1 aliphatic heterocycles. The van der Waals surface area contributed by atoms with E-state index in [2.05, 4.69) is 10.2 Å². The van der Waals surface area contributed by atoms with Crippen LogP contribution in [0.3, 0.4) is 0 Å². The number of carbonyl (C=O) groups is 1. The Morgan fingerprint density at radius 2 is 1.87 bits per heavy atom. The maximum Gasteiger partial charge on any atom is 0.318 e. The molecule has 0 N–H and O–H groups in total. The molecule has 6 nitrogen and oxygen atoms in total. The Balaban J connectivity index is 1.66. The first kappa shape index (κ1) is 15.4. The topological polar surface area (TPSA) is 62.5 Å². The summed E-state index contributed by atoms with van der Waals surface area (Å²) in [6.07, 6.45) is -2.08. The fourth-order valence-electron chi connectivity index (χ4n) is 2.52. The molecule has 1 saturated heterocycles. The van der Waals surface area contributed by atoms with Crippen molar-refractivity contribution < 1.29 is 18.0 Å². The van der Waals surface area contributed by atoms with Crippen molar-refractivity contribution in [1.82, 2.24) is 15.1 Å². The van der Waals surface area contributed by atoms with E-state index in [0.717, 1.165) is 0 Å². The highest BCUT2D eigenvalue weighted by molar-refractivity contribution is 5.94. The third-order valence-electron chi connectivity index (χ3n) is 3.69. The molecule has 1 aliphatic rings. The van der Waals surface area contributed by atoms with Crippen LogP contribution in [0.1, 0.15) is 29.1 Å². The molecule has 0 unspecified atom stereocenters. The lowest BCUT2D eigenvalue weighted by atomic mass is 10.2. The zero-order valence-electron chi connectivity index (χ0n) is 12.4. The number of alkyl halides is 2. The summed E-state index contributed by atoms with van der Waals surface area (Å²) in [5.41, 5.74) is 0.638. The van der Waals surface area contributed by atoms with Gasteiger partial charge in [0.1, 0.15) is 0 Å². The molecule has 0 spiro atoms. The van der Waals surface area contributed by atoms with Crippen molar-refractivity contribution in [3.63, 3.8) is 0 Å². The minimum absolute atomic E-state index is 0.0359. The molecule has 8 heteroatoms. The van der Waals surface area contributed by atoms with Crippen molar-refractivity contribution in [3.8, 4) is 0 Å². The van der Waals surface area contributed by atoms with Gasteiger partial charge in [0.15, 0.2) is 0 Å². The number of carbonyl (C=O) groups excluding carboxylic acids is 1. The van der Waals surface area contributed by atoms with E-state index >= 15 is 0 Å². The minimum atomic E-state index is -2.78. The summed E-state index contributed by atoms with van der Waals surface area (Å²) in [7, 11) is 0. The van der Waals surface area contributed by atoms with E-state index in [4.69, 9.17) is 4.42 Å². The molecule has 2 heterocycles. The molecule has 1 aromatic carbocycles. The van der Waals surface area contributed by atoms with Crippen LogP contribution in [0.25, 0.3) is 0 Å². The Bertz CT molecular complexity index is 663. The highest BCUT2D eigenvalue weighted by atomic mass is 19.3. The van der Waals surface area contributed by atoms with E-state index in [9.17, 15) is 13.6 Å². The predicted molar refractivity (Wildman–Crippen MR) is 78.4 cm³/mol. The molecule has 0 atom stereocenters. The van der Waals surface area contributed by atoms with Crippen molar-refractivity contribution >= 4 is 11.9 Å². The average molecular weight is 322 g/mol. The van der Waals surface area contributed by atoms with Crippen LogP contribution in [-0.4, -0.2) is 47.2 Å². The van der Waals surface area contributed by atoms with Gasteiger partial charge in [-0.3, -0.25) is 4.79 Å². The van der Waals surface area contributed by atoms with Gasteiger partial charge < -0.3 is 14.2 Å². The largest absolute Gasteiger partial charge is 0.402 e. The van der Waals surface area contributed by atoms with Gasteiger partial charge >= 0.3 is 12.4 Å². The Morgan fingerprint density at radius 3 is 2.57 bits per heavy atom. The van der Waals surface area contributed by atoms with E-state index < -0.39 is 12.3 Å². The van der Waals surface area contributed by atoms with Gasteiger partial charge in [0.25, 0.3) is 11.8 Å². The van der Waals surface area contributed by atoms with Crippen LogP contribution in [0.5, 0.6) is 0 Å². The minimum Gasteiger partial charge on any atom is -0.402 e. The fourth-order valence-corrected chi connectivity index (χ4v) is 2.52. The van der Waals surface area contributed by atoms with Gasteiger partial charge in [0.2, 0.25) is 0 Å². The highest BCUT2D eigenvalue weighted by Crippen LogP contribution is 2.22. The standard InChI is InChI=1S/C15H16F2N4O2/c16-12(17)13-18-19-15(23-13)21-8-4-7-20(9-10-21)14(22)11-5-2-1-3-6-11/h1-3,5-6,12H,4,7-10H2. The number of aromatic nitrogens is 2. The molecule has 3 rings (SSSR count). The van der Waals surface area contributed by atoms with Crippen LogP contribution in [0.4, 0.5) is 14.8 Å². The van der Waals surface area contributed by atoms with Gasteiger partial charge in [-0.15, -0.1) is 5.10 Å². The van der Waals surface area contributed by atoms with E-state index in [-0.39, 0.29) is 11.9 Å². The maximum absolute atomic E-state index is 12.5. The van der Waals surface area contributed by atoms with Crippen LogP contribution in [-0.2, 0) is 0 Å². The van der Waals surface area contributed by atoms with E-state index in [1.165, 1.54) is 0 Å². The van der Waals surface area contributed by atoms with Gasteiger partial charge in [-0.1, -0.05) is 23.3 Å². The zero-order valence-corrected chi connectivity index (χ0v) is 12.4. The number of hydrogen-bond acceptors (Lipinski definition) is 5. The third kappa shape index (κ3) is 3.46. The highest BCUT2D eigenvalue weighted by Gasteiger charge is 2.24. The van der Waals surface area contributed by atoms with Crippen LogP contribution >= 0.6 is 0 Å². The lowest BCUT2D eigenvalue weighted by Gasteiger charge is -2.21. The van der Waals surface area contributed by atoms with Crippen molar-refractivity contribution in [2.24, 2.45) is 0 Å². The van der Waals surface area contributed by atoms with Gasteiger partial charge in [0.05, 0.1) is 0 Å². The zero-order chi connectivity index (χ0) is 16.2. The van der Waals surface area contributed by atoms with E-state index in [0.29, 0.717) is 38.2 Å². The third-order valence-corrected chi connectivity index (χ3v) is 3.69. The molecule has 0 radical (unpaired) electrons. The van der Waals surface area contributed by atoms with Gasteiger partial charge in [-0.05, 0) is 18.6 Å². The van der Waals surface area contributed by atoms with Crippen LogP contribution in [0.15, 0.2) is 34.7 Å². The number of amides is 1. The second-order valence-electron chi connectivity index (χ2n) is 5.22. The average Bonchev–Trinajstić information content (AvgIpc) is 2.94. The van der Waals surface area contributed by atoms with Crippen LogP contribution in [0.2, 0.25) is 0 Å². The molecule has 2 aromatic rings. The van der Waals surface area contributed by atoms with Gasteiger partial charge in [-0.2, -0.15) is 8.78 Å². The van der Waals surface area contributed by atoms with Crippen molar-refractivity contribution in [1.29, 1.82) is 0 Å². The monoisotopic (exact) mass is 322 g/mol. The summed E-state index contributed by atoms with van der Waals surface area (Å²) in [5.74, 6) is -0.715. The normalized spacial score (nSPS) is 15.8. The SMILES string of the molecule is O=C(c1ccccc1)N1CCCN(c2nnc(C(F)F)o2)CC1. The first-order valence-electron chi connectivity index (χ1n) is 7.36. The summed E-state index contributed by atoms with van der Waals surface area (Å²) >= 11 is 0. The molecule has 0 aliphatic carbocycles. The molecule has 0 saturated carbocycles. The van der Waals surface area contributed by atoms with Crippen molar-refractivity contribution in [2.75, 3.05) is 31.1 Å². The molecule has 122 valence electrons. The Kier molecular flexibility index (Phi) is 4.50. The summed E-state index contributed by atoms with van der Waals surface area (Å²) in [6.45, 7) is 2.10. The molecule has 1 fully saturated rings. The van der Waals surface area contributed by atoms with Crippen molar-refractivity contribution in [2.45, 2.75) is 12.8 Å². The second kappa shape index (κ2) is 6.72. The maximum atomic E-state index is 12.5. The van der Waals surface area contributed by atoms with Gasteiger partial charge in [-0.25, -0.2) is 0 Å². The predicted octanol–water partition coefficient (Wildman–Crippen LogP) is 2.36. The second-order valence-corrected chi connectivity index (χ2v) is 5.22. The first-order chi connectivity index (χ1) is 11.1. The smallest absolute Gasteiger partial charge is 0.318 e. The summed E-state index contributed by atoms with van der Waals surface area (Å²) in [6, 6.07) is 9.13. The number of halogens is 2. The summed E-state index contributed by atoms with van der Waals surface area (Å²) in [4.78, 5) is 15.9. The molecule has 23 heavy (non-hydrogen) atoms. The number of anilines is 1. The molecule has 0 bridgehead atoms. The lowest BCUT2D eigenvalue weighted by Crippen LogP contribution is -2.35. The number of rotatable bonds is 3.